The Kier molecular flexibility index (Phi) is 5.76. The van der Waals surface area contributed by atoms with Gasteiger partial charge in [-0.05, 0) is 62.4 Å². The van der Waals surface area contributed by atoms with E-state index in [9.17, 15) is 4.79 Å². The number of carboxylic acids is 1. The third kappa shape index (κ3) is 3.85. The molecule has 1 aromatic carbocycles. The first-order valence-corrected chi connectivity index (χ1v) is 10.8. The number of carbonyl (C=O) groups is 1. The van der Waals surface area contributed by atoms with Gasteiger partial charge < -0.3 is 14.6 Å². The maximum atomic E-state index is 11.0. The van der Waals surface area contributed by atoms with Crippen molar-refractivity contribution >= 4 is 23.6 Å². The van der Waals surface area contributed by atoms with Gasteiger partial charge in [-0.25, -0.2) is 4.79 Å². The van der Waals surface area contributed by atoms with Crippen molar-refractivity contribution in [3.8, 4) is 5.75 Å². The molecule has 4 bridgehead atoms. The Morgan fingerprint density at radius 3 is 2.41 bits per heavy atom. The summed E-state index contributed by atoms with van der Waals surface area (Å²) in [7, 11) is 1.78. The summed E-state index contributed by atoms with van der Waals surface area (Å²) < 4.78 is 12.0. The Morgan fingerprint density at radius 1 is 1.28 bits per heavy atom. The number of benzene rings is 1. The van der Waals surface area contributed by atoms with Crippen LogP contribution in [0.1, 0.15) is 55.8 Å². The lowest BCUT2D eigenvalue weighted by molar-refractivity contribution is -0.134. The fourth-order valence-corrected chi connectivity index (χ4v) is 6.90. The van der Waals surface area contributed by atoms with Crippen molar-refractivity contribution in [3.63, 3.8) is 0 Å². The normalized spacial score (nSPS) is 31.2. The molecule has 0 amide bonds. The van der Waals surface area contributed by atoms with Crippen LogP contribution in [-0.2, 0) is 9.53 Å². The molecule has 1 atom stereocenters. The van der Waals surface area contributed by atoms with E-state index in [0.717, 1.165) is 29.4 Å². The number of halogens is 1. The van der Waals surface area contributed by atoms with Gasteiger partial charge in [-0.3, -0.25) is 0 Å². The van der Waals surface area contributed by atoms with Gasteiger partial charge in [0, 0.05) is 29.7 Å². The highest BCUT2D eigenvalue weighted by atomic mass is 35.5. The van der Waals surface area contributed by atoms with Gasteiger partial charge in [0.25, 0.3) is 0 Å². The molecule has 0 spiro atoms. The van der Waals surface area contributed by atoms with E-state index in [2.05, 4.69) is 6.58 Å². The molecule has 156 valence electrons. The van der Waals surface area contributed by atoms with Gasteiger partial charge in [0.1, 0.15) is 12.4 Å². The van der Waals surface area contributed by atoms with Crippen molar-refractivity contribution < 1.29 is 19.4 Å². The van der Waals surface area contributed by atoms with Gasteiger partial charge in [-0.1, -0.05) is 36.4 Å². The molecule has 29 heavy (non-hydrogen) atoms. The van der Waals surface area contributed by atoms with Crippen molar-refractivity contribution in [2.45, 2.75) is 44.6 Å². The van der Waals surface area contributed by atoms with Crippen LogP contribution in [0.2, 0.25) is 5.02 Å². The summed E-state index contributed by atoms with van der Waals surface area (Å²) in [5, 5.41) is 9.51. The van der Waals surface area contributed by atoms with Gasteiger partial charge in [0.2, 0.25) is 0 Å². The summed E-state index contributed by atoms with van der Waals surface area (Å²) in [5.74, 6) is 1.92. The molecular formula is C24H29ClO4. The maximum absolute atomic E-state index is 11.0. The van der Waals surface area contributed by atoms with Crippen LogP contribution in [-0.4, -0.2) is 24.8 Å². The average molecular weight is 417 g/mol. The van der Waals surface area contributed by atoms with Crippen LogP contribution in [0.3, 0.4) is 0 Å². The lowest BCUT2D eigenvalue weighted by Gasteiger charge is -2.59. The number of ether oxygens (including phenoxy) is 2. The molecule has 1 unspecified atom stereocenters. The molecule has 0 aromatic heterocycles. The smallest absolute Gasteiger partial charge is 0.328 e. The molecule has 4 fully saturated rings. The third-order valence-corrected chi connectivity index (χ3v) is 7.46. The van der Waals surface area contributed by atoms with Crippen LogP contribution in [0.4, 0.5) is 0 Å². The highest BCUT2D eigenvalue weighted by Gasteiger charge is 2.55. The van der Waals surface area contributed by atoms with Gasteiger partial charge in [-0.15, -0.1) is 0 Å². The van der Waals surface area contributed by atoms with E-state index in [0.29, 0.717) is 22.9 Å². The Bertz CT molecular complexity index is 793. The van der Waals surface area contributed by atoms with Crippen LogP contribution in [0.25, 0.3) is 6.08 Å². The first-order valence-electron chi connectivity index (χ1n) is 10.5. The zero-order valence-corrected chi connectivity index (χ0v) is 17.7. The van der Waals surface area contributed by atoms with Gasteiger partial charge in [0.15, 0.2) is 0 Å². The van der Waals surface area contributed by atoms with Crippen molar-refractivity contribution in [3.05, 3.63) is 47.0 Å². The van der Waals surface area contributed by atoms with Crippen molar-refractivity contribution in [2.24, 2.45) is 23.2 Å². The van der Waals surface area contributed by atoms with Crippen molar-refractivity contribution in [2.75, 3.05) is 13.7 Å². The molecule has 0 aliphatic heterocycles. The molecule has 5 heteroatoms. The number of hydrogen-bond acceptors (Lipinski definition) is 3. The van der Waals surface area contributed by atoms with Crippen LogP contribution < -0.4 is 4.74 Å². The van der Waals surface area contributed by atoms with E-state index in [1.165, 1.54) is 44.6 Å². The highest BCUT2D eigenvalue weighted by molar-refractivity contribution is 6.33. The standard InChI is InChI=1S/C24H29ClO4/c1-3-8-29-22-18(5-7-20(26)27)4-6-19(21(22)25)23(28-2)24-12-15-9-16(13-24)11-17(10-15)14-24/h3-7,15-17,23H,1,8-14H2,2H3,(H,26,27). The van der Waals surface area contributed by atoms with Crippen LogP contribution in [0, 0.1) is 23.2 Å². The molecule has 4 aliphatic rings. The van der Waals surface area contributed by atoms with E-state index in [4.69, 9.17) is 26.2 Å². The summed E-state index contributed by atoms with van der Waals surface area (Å²) in [6.07, 6.45) is 11.9. The molecule has 0 radical (unpaired) electrons. The molecule has 5 rings (SSSR count). The van der Waals surface area contributed by atoms with Crippen molar-refractivity contribution in [1.82, 2.24) is 0 Å². The Hall–Kier alpha value is -1.78. The van der Waals surface area contributed by atoms with Gasteiger partial charge >= 0.3 is 5.97 Å². The molecule has 0 heterocycles. The van der Waals surface area contributed by atoms with E-state index in [-0.39, 0.29) is 11.5 Å². The lowest BCUT2D eigenvalue weighted by atomic mass is 9.47. The number of rotatable bonds is 8. The first-order chi connectivity index (χ1) is 14.0. The molecule has 4 nitrogen and oxygen atoms in total. The Balaban J connectivity index is 1.73. The summed E-state index contributed by atoms with van der Waals surface area (Å²) in [5.41, 5.74) is 1.73. The molecule has 1 N–H and O–H groups in total. The highest BCUT2D eigenvalue weighted by Crippen LogP contribution is 2.65. The average Bonchev–Trinajstić information content (AvgIpc) is 2.66. The van der Waals surface area contributed by atoms with E-state index in [1.807, 2.05) is 12.1 Å². The lowest BCUT2D eigenvalue weighted by Crippen LogP contribution is -2.49. The van der Waals surface area contributed by atoms with Crippen LogP contribution >= 0.6 is 11.6 Å². The minimum atomic E-state index is -1.01. The predicted molar refractivity (Wildman–Crippen MR) is 114 cm³/mol. The number of aliphatic carboxylic acids is 1. The second-order valence-electron chi connectivity index (χ2n) is 9.05. The fraction of sp³-hybridized carbons (Fsp3) is 0.542. The quantitative estimate of drug-likeness (QED) is 0.423. The third-order valence-electron chi connectivity index (χ3n) is 7.07. The second-order valence-corrected chi connectivity index (χ2v) is 9.43. The molecule has 1 aromatic rings. The second kappa shape index (κ2) is 8.16. The minimum Gasteiger partial charge on any atom is -0.487 e. The largest absolute Gasteiger partial charge is 0.487 e. The molecular weight excluding hydrogens is 388 g/mol. The first kappa shape index (κ1) is 20.5. The zero-order chi connectivity index (χ0) is 20.6. The van der Waals surface area contributed by atoms with E-state index in [1.54, 1.807) is 13.2 Å². The fourth-order valence-electron chi connectivity index (χ4n) is 6.58. The number of carboxylic acid groups (broad SMARTS) is 1. The number of methoxy groups -OCH3 is 1. The van der Waals surface area contributed by atoms with E-state index >= 15 is 0 Å². The summed E-state index contributed by atoms with van der Waals surface area (Å²) in [6.45, 7) is 4.00. The topological polar surface area (TPSA) is 55.8 Å². The van der Waals surface area contributed by atoms with Gasteiger partial charge in [-0.2, -0.15) is 0 Å². The van der Waals surface area contributed by atoms with E-state index < -0.39 is 5.97 Å². The zero-order valence-electron chi connectivity index (χ0n) is 16.9. The molecule has 4 saturated carbocycles. The Morgan fingerprint density at radius 2 is 1.90 bits per heavy atom. The Labute approximate surface area is 177 Å². The summed E-state index contributed by atoms with van der Waals surface area (Å²) in [4.78, 5) is 11.0. The predicted octanol–water partition coefficient (Wildman–Crippen LogP) is 5.91. The number of hydrogen-bond donors (Lipinski definition) is 1. The monoisotopic (exact) mass is 416 g/mol. The van der Waals surface area contributed by atoms with Crippen molar-refractivity contribution in [1.29, 1.82) is 0 Å². The summed E-state index contributed by atoms with van der Waals surface area (Å²) >= 11 is 6.86. The van der Waals surface area contributed by atoms with Crippen LogP contribution in [0.15, 0.2) is 30.9 Å². The van der Waals surface area contributed by atoms with Gasteiger partial charge in [0.05, 0.1) is 11.1 Å². The maximum Gasteiger partial charge on any atom is 0.328 e. The SMILES string of the molecule is C=CCOc1c(C=CC(=O)O)ccc(C(OC)C23CC4CC(CC(C4)C2)C3)c1Cl. The summed E-state index contributed by atoms with van der Waals surface area (Å²) in [6, 6.07) is 3.86. The van der Waals surface area contributed by atoms with Crippen LogP contribution in [0.5, 0.6) is 5.75 Å². The molecule has 4 aliphatic carbocycles. The molecule has 0 saturated heterocycles. The minimum absolute atomic E-state index is 0.0769.